The van der Waals surface area contributed by atoms with Gasteiger partial charge < -0.3 is 5.11 Å². The third kappa shape index (κ3) is 2.65. The fourth-order valence-electron chi connectivity index (χ4n) is 11.4. The Bertz CT molecular complexity index is 814. The predicted molar refractivity (Wildman–Crippen MR) is 131 cm³/mol. The third-order valence-corrected chi connectivity index (χ3v) is 13.5. The molecule has 0 bridgehead atoms. The van der Waals surface area contributed by atoms with Gasteiger partial charge in [-0.15, -0.1) is 0 Å². The number of carbonyl (C=O) groups excluding carboxylic acids is 1. The molecule has 0 heterocycles. The van der Waals surface area contributed by atoms with E-state index in [0.29, 0.717) is 45.3 Å². The summed E-state index contributed by atoms with van der Waals surface area (Å²) in [5.41, 5.74) is 2.33. The van der Waals surface area contributed by atoms with E-state index in [1.54, 1.807) is 0 Å². The summed E-state index contributed by atoms with van der Waals surface area (Å²) >= 11 is 0. The van der Waals surface area contributed by atoms with Crippen LogP contribution in [0.1, 0.15) is 106 Å². The maximum Gasteiger partial charge on any atom is 0.145 e. The van der Waals surface area contributed by atoms with Gasteiger partial charge in [-0.2, -0.15) is 0 Å². The van der Waals surface area contributed by atoms with Crippen LogP contribution in [0.15, 0.2) is 12.2 Å². The number of hydrogen-bond donors (Lipinski definition) is 1. The van der Waals surface area contributed by atoms with Crippen molar-refractivity contribution in [3.63, 3.8) is 0 Å². The molecular formula is C30H48O2. The quantitative estimate of drug-likeness (QED) is 0.364. The molecule has 0 spiro atoms. The standard InChI is InChI=1S/C30H48O2/c1-19(18-31)20-10-13-27(4)16-17-29(6)21(25(20)27)8-9-23-28(5)14-12-24(32)26(2,3)22(28)11-15-30(23,29)7/h18,20-25,32H,1,8-17H2,2-7H3/t20-,21+,22-,23+,24+,25+,27+,28-,29+,30+/m0/s1. The van der Waals surface area contributed by atoms with Gasteiger partial charge in [-0.3, -0.25) is 4.79 Å². The van der Waals surface area contributed by atoms with E-state index in [-0.39, 0.29) is 11.5 Å². The SMILES string of the molecule is C=C(C=O)[C@@H]1CC[C@]2(C)CC[C@]3(C)[C@H](CC[C@@H]4[C@@]5(C)CC[C@@H](O)C(C)(C)[C@@H]5CC[C@]43C)[C@@H]12. The Hall–Kier alpha value is -0.630. The summed E-state index contributed by atoms with van der Waals surface area (Å²) in [5.74, 6) is 3.12. The van der Waals surface area contributed by atoms with Crippen molar-refractivity contribution in [2.24, 2.45) is 56.7 Å². The third-order valence-electron chi connectivity index (χ3n) is 13.5. The summed E-state index contributed by atoms with van der Waals surface area (Å²) in [6, 6.07) is 0. The lowest BCUT2D eigenvalue weighted by molar-refractivity contribution is -0.246. The van der Waals surface area contributed by atoms with Crippen molar-refractivity contribution in [3.05, 3.63) is 12.2 Å². The number of allylic oxidation sites excluding steroid dienone is 1. The van der Waals surface area contributed by atoms with Crippen molar-refractivity contribution in [2.75, 3.05) is 0 Å². The van der Waals surface area contributed by atoms with Gasteiger partial charge in [-0.05, 0) is 126 Å². The Morgan fingerprint density at radius 1 is 0.812 bits per heavy atom. The minimum atomic E-state index is -0.152. The van der Waals surface area contributed by atoms with Crippen molar-refractivity contribution in [1.82, 2.24) is 0 Å². The van der Waals surface area contributed by atoms with E-state index in [2.05, 4.69) is 48.1 Å². The molecule has 32 heavy (non-hydrogen) atoms. The highest BCUT2D eigenvalue weighted by molar-refractivity contribution is 5.73. The van der Waals surface area contributed by atoms with E-state index in [9.17, 15) is 9.90 Å². The Labute approximate surface area is 197 Å². The zero-order valence-corrected chi connectivity index (χ0v) is 21.7. The van der Waals surface area contributed by atoms with Crippen LogP contribution in [0.2, 0.25) is 0 Å². The lowest BCUT2D eigenvalue weighted by atomic mass is 9.32. The number of hydrogen-bond acceptors (Lipinski definition) is 2. The molecule has 1 N–H and O–H groups in total. The number of rotatable bonds is 2. The van der Waals surface area contributed by atoms with E-state index in [4.69, 9.17) is 0 Å². The van der Waals surface area contributed by atoms with Crippen molar-refractivity contribution in [2.45, 2.75) is 112 Å². The van der Waals surface area contributed by atoms with Gasteiger partial charge in [-0.1, -0.05) is 48.1 Å². The topological polar surface area (TPSA) is 37.3 Å². The number of aldehydes is 1. The molecule has 0 saturated heterocycles. The number of fused-ring (bicyclic) bond motifs is 7. The highest BCUT2D eigenvalue weighted by Gasteiger charge is 2.70. The molecule has 180 valence electrons. The van der Waals surface area contributed by atoms with E-state index >= 15 is 0 Å². The molecule has 0 radical (unpaired) electrons. The van der Waals surface area contributed by atoms with Crippen LogP contribution in [0.3, 0.4) is 0 Å². The average molecular weight is 441 g/mol. The lowest BCUT2D eigenvalue weighted by Gasteiger charge is -2.72. The lowest BCUT2D eigenvalue weighted by Crippen LogP contribution is -2.66. The van der Waals surface area contributed by atoms with Crippen LogP contribution in [0, 0.1) is 56.7 Å². The molecule has 5 saturated carbocycles. The second kappa shape index (κ2) is 6.96. The predicted octanol–water partition coefficient (Wildman–Crippen LogP) is 7.20. The van der Waals surface area contributed by atoms with Crippen LogP contribution in [-0.4, -0.2) is 17.5 Å². The molecule has 0 unspecified atom stereocenters. The number of aliphatic hydroxyl groups is 1. The first-order valence-corrected chi connectivity index (χ1v) is 13.7. The number of aliphatic hydroxyl groups excluding tert-OH is 1. The molecule has 0 aliphatic heterocycles. The maximum atomic E-state index is 11.8. The van der Waals surface area contributed by atoms with Gasteiger partial charge in [0.25, 0.3) is 0 Å². The highest BCUT2D eigenvalue weighted by atomic mass is 16.3. The molecule has 0 aromatic heterocycles. The summed E-state index contributed by atoms with van der Waals surface area (Å²) in [6.45, 7) is 19.4. The minimum absolute atomic E-state index is 0.0233. The van der Waals surface area contributed by atoms with Crippen molar-refractivity contribution >= 4 is 6.29 Å². The Morgan fingerprint density at radius 3 is 2.22 bits per heavy atom. The average Bonchev–Trinajstić information content (AvgIpc) is 3.09. The Morgan fingerprint density at radius 2 is 1.53 bits per heavy atom. The first kappa shape index (κ1) is 23.1. The molecule has 5 aliphatic rings. The van der Waals surface area contributed by atoms with Crippen LogP contribution in [0.4, 0.5) is 0 Å². The smallest absolute Gasteiger partial charge is 0.145 e. The van der Waals surface area contributed by atoms with Gasteiger partial charge in [0, 0.05) is 0 Å². The van der Waals surface area contributed by atoms with Crippen LogP contribution >= 0.6 is 0 Å². The summed E-state index contributed by atoms with van der Waals surface area (Å²) in [6.07, 6.45) is 13.4. The number of carbonyl (C=O) groups is 1. The zero-order chi connectivity index (χ0) is 23.3. The van der Waals surface area contributed by atoms with Gasteiger partial charge in [0.05, 0.1) is 6.10 Å². The van der Waals surface area contributed by atoms with Gasteiger partial charge in [-0.25, -0.2) is 0 Å². The molecule has 0 aromatic carbocycles. The molecule has 10 atom stereocenters. The molecular weight excluding hydrogens is 392 g/mol. The largest absolute Gasteiger partial charge is 0.393 e. The fourth-order valence-corrected chi connectivity index (χ4v) is 11.4. The highest BCUT2D eigenvalue weighted by Crippen LogP contribution is 2.77. The first-order valence-electron chi connectivity index (χ1n) is 13.7. The minimum Gasteiger partial charge on any atom is -0.393 e. The molecule has 2 nitrogen and oxygen atoms in total. The second-order valence-electron chi connectivity index (χ2n) is 14.6. The Kier molecular flexibility index (Phi) is 5.03. The monoisotopic (exact) mass is 440 g/mol. The van der Waals surface area contributed by atoms with Crippen LogP contribution in [-0.2, 0) is 4.79 Å². The van der Waals surface area contributed by atoms with E-state index in [1.165, 1.54) is 51.4 Å². The van der Waals surface area contributed by atoms with Crippen LogP contribution in [0.5, 0.6) is 0 Å². The first-order chi connectivity index (χ1) is 14.8. The summed E-state index contributed by atoms with van der Waals surface area (Å²) in [5, 5.41) is 10.9. The molecule has 0 amide bonds. The van der Waals surface area contributed by atoms with Crippen LogP contribution < -0.4 is 0 Å². The normalized spacial score (nSPS) is 56.3. The van der Waals surface area contributed by atoms with Crippen molar-refractivity contribution in [1.29, 1.82) is 0 Å². The van der Waals surface area contributed by atoms with Gasteiger partial charge in [0.1, 0.15) is 6.29 Å². The Balaban J connectivity index is 1.54. The van der Waals surface area contributed by atoms with Crippen molar-refractivity contribution < 1.29 is 9.90 Å². The zero-order valence-electron chi connectivity index (χ0n) is 21.7. The maximum absolute atomic E-state index is 11.8. The molecule has 2 heteroatoms. The van der Waals surface area contributed by atoms with Crippen molar-refractivity contribution in [3.8, 4) is 0 Å². The molecule has 5 aliphatic carbocycles. The fraction of sp³-hybridized carbons (Fsp3) is 0.900. The van der Waals surface area contributed by atoms with Gasteiger partial charge >= 0.3 is 0 Å². The van der Waals surface area contributed by atoms with Gasteiger partial charge in [0.2, 0.25) is 0 Å². The molecule has 0 aromatic rings. The van der Waals surface area contributed by atoms with E-state index < -0.39 is 0 Å². The summed E-state index contributed by atoms with van der Waals surface area (Å²) in [4.78, 5) is 11.8. The summed E-state index contributed by atoms with van der Waals surface area (Å²) in [7, 11) is 0. The van der Waals surface area contributed by atoms with E-state index in [1.807, 2.05) is 0 Å². The van der Waals surface area contributed by atoms with Gasteiger partial charge in [0.15, 0.2) is 0 Å². The van der Waals surface area contributed by atoms with Crippen LogP contribution in [0.25, 0.3) is 0 Å². The summed E-state index contributed by atoms with van der Waals surface area (Å²) < 4.78 is 0. The molecule has 5 fully saturated rings. The second-order valence-corrected chi connectivity index (χ2v) is 14.6. The molecule has 5 rings (SSSR count). The van der Waals surface area contributed by atoms with E-state index in [0.717, 1.165) is 30.6 Å².